The van der Waals surface area contributed by atoms with Gasteiger partial charge in [-0.2, -0.15) is 0 Å². The normalized spacial score (nSPS) is 22.1. The predicted octanol–water partition coefficient (Wildman–Crippen LogP) is 2.95. The van der Waals surface area contributed by atoms with E-state index in [1.807, 2.05) is 30.3 Å². The molecule has 1 aliphatic carbocycles. The van der Waals surface area contributed by atoms with Crippen molar-refractivity contribution in [3.8, 4) is 0 Å². The molecule has 0 aromatic heterocycles. The third-order valence-electron chi connectivity index (χ3n) is 3.85. The number of hydrogen-bond donors (Lipinski definition) is 2. The summed E-state index contributed by atoms with van der Waals surface area (Å²) in [6.45, 7) is 0.192. The summed E-state index contributed by atoms with van der Waals surface area (Å²) in [6.07, 6.45) is 3.61. The summed E-state index contributed by atoms with van der Waals surface area (Å²) < 4.78 is 5.16. The number of carboxylic acids is 1. The van der Waals surface area contributed by atoms with Crippen molar-refractivity contribution in [3.05, 3.63) is 35.9 Å². The van der Waals surface area contributed by atoms with Crippen LogP contribution in [0.2, 0.25) is 0 Å². The number of amides is 1. The van der Waals surface area contributed by atoms with Crippen LogP contribution >= 0.6 is 0 Å². The lowest BCUT2D eigenvalue weighted by atomic mass is 9.95. The molecule has 21 heavy (non-hydrogen) atoms. The first kappa shape index (κ1) is 15.4. The highest BCUT2D eigenvalue weighted by Gasteiger charge is 2.30. The number of ether oxygens (including phenoxy) is 1. The smallest absolute Gasteiger partial charge is 0.407 e. The molecule has 2 atom stereocenters. The second-order valence-electron chi connectivity index (χ2n) is 5.40. The van der Waals surface area contributed by atoms with E-state index >= 15 is 0 Å². The van der Waals surface area contributed by atoms with Gasteiger partial charge >= 0.3 is 12.1 Å². The van der Waals surface area contributed by atoms with Crippen LogP contribution < -0.4 is 5.32 Å². The van der Waals surface area contributed by atoms with E-state index in [4.69, 9.17) is 4.74 Å². The number of hydrogen-bond acceptors (Lipinski definition) is 3. The lowest BCUT2D eigenvalue weighted by molar-refractivity contribution is -0.142. The van der Waals surface area contributed by atoms with Crippen LogP contribution in [0.1, 0.15) is 37.7 Å². The first-order valence-corrected chi connectivity index (χ1v) is 7.37. The molecule has 1 aromatic carbocycles. The first-order valence-electron chi connectivity index (χ1n) is 7.37. The minimum atomic E-state index is -0.842. The molecule has 0 aliphatic heterocycles. The van der Waals surface area contributed by atoms with Crippen LogP contribution in [-0.4, -0.2) is 23.2 Å². The van der Waals surface area contributed by atoms with E-state index < -0.39 is 18.0 Å². The molecule has 114 valence electrons. The number of alkyl carbamates (subject to hydrolysis) is 1. The number of carbonyl (C=O) groups is 2. The minimum absolute atomic E-state index is 0.192. The maximum absolute atomic E-state index is 11.8. The molecule has 1 saturated carbocycles. The molecular formula is C16H21NO4. The Morgan fingerprint density at radius 2 is 1.86 bits per heavy atom. The Hall–Kier alpha value is -2.04. The summed E-state index contributed by atoms with van der Waals surface area (Å²) in [5, 5.41) is 12.0. The fraction of sp³-hybridized carbons (Fsp3) is 0.500. The van der Waals surface area contributed by atoms with E-state index in [0.717, 1.165) is 24.8 Å². The summed E-state index contributed by atoms with van der Waals surface area (Å²) in [6, 6.07) is 9.06. The number of carboxylic acid groups (broad SMARTS) is 1. The Kier molecular flexibility index (Phi) is 5.60. The van der Waals surface area contributed by atoms with Crippen molar-refractivity contribution in [2.24, 2.45) is 5.92 Å². The Morgan fingerprint density at radius 1 is 1.14 bits per heavy atom. The predicted molar refractivity (Wildman–Crippen MR) is 77.8 cm³/mol. The van der Waals surface area contributed by atoms with Gasteiger partial charge in [0.15, 0.2) is 0 Å². The summed E-state index contributed by atoms with van der Waals surface area (Å²) in [5.41, 5.74) is 0.906. The molecule has 5 nitrogen and oxygen atoms in total. The van der Waals surface area contributed by atoms with Crippen molar-refractivity contribution in [1.82, 2.24) is 5.32 Å². The summed E-state index contributed by atoms with van der Waals surface area (Å²) in [7, 11) is 0. The molecular weight excluding hydrogens is 270 g/mol. The highest BCUT2D eigenvalue weighted by atomic mass is 16.5. The fourth-order valence-electron chi connectivity index (χ4n) is 2.69. The average Bonchev–Trinajstić information content (AvgIpc) is 2.72. The zero-order chi connectivity index (χ0) is 15.1. The van der Waals surface area contributed by atoms with Gasteiger partial charge in [0.2, 0.25) is 0 Å². The topological polar surface area (TPSA) is 75.6 Å². The van der Waals surface area contributed by atoms with Gasteiger partial charge in [-0.1, -0.05) is 49.6 Å². The Bertz CT molecular complexity index is 474. The zero-order valence-corrected chi connectivity index (χ0v) is 12.0. The maximum Gasteiger partial charge on any atom is 0.407 e. The van der Waals surface area contributed by atoms with Crippen LogP contribution in [0, 0.1) is 5.92 Å². The van der Waals surface area contributed by atoms with Crippen LogP contribution in [0.3, 0.4) is 0 Å². The lowest BCUT2D eigenvalue weighted by Crippen LogP contribution is -2.43. The number of carbonyl (C=O) groups excluding carboxylic acids is 1. The largest absolute Gasteiger partial charge is 0.481 e. The van der Waals surface area contributed by atoms with E-state index in [2.05, 4.69) is 5.32 Å². The second-order valence-corrected chi connectivity index (χ2v) is 5.40. The van der Waals surface area contributed by atoms with Gasteiger partial charge in [-0.3, -0.25) is 4.79 Å². The van der Waals surface area contributed by atoms with Crippen molar-refractivity contribution in [2.45, 2.75) is 44.8 Å². The zero-order valence-electron chi connectivity index (χ0n) is 12.0. The van der Waals surface area contributed by atoms with Gasteiger partial charge < -0.3 is 15.2 Å². The molecule has 0 unspecified atom stereocenters. The van der Waals surface area contributed by atoms with E-state index in [1.165, 1.54) is 0 Å². The number of rotatable bonds is 4. The summed E-state index contributed by atoms with van der Waals surface area (Å²) in [5.74, 6) is -1.36. The molecule has 0 heterocycles. The van der Waals surface area contributed by atoms with E-state index in [1.54, 1.807) is 0 Å². The van der Waals surface area contributed by atoms with E-state index in [9.17, 15) is 14.7 Å². The second kappa shape index (κ2) is 7.67. The molecule has 1 amide bonds. The van der Waals surface area contributed by atoms with Crippen LogP contribution in [0.15, 0.2) is 30.3 Å². The third-order valence-corrected chi connectivity index (χ3v) is 3.85. The van der Waals surface area contributed by atoms with Gasteiger partial charge in [0.1, 0.15) is 6.61 Å². The fourth-order valence-corrected chi connectivity index (χ4v) is 2.69. The van der Waals surface area contributed by atoms with E-state index in [-0.39, 0.29) is 12.6 Å². The van der Waals surface area contributed by atoms with Crippen LogP contribution in [0.25, 0.3) is 0 Å². The molecule has 1 fully saturated rings. The molecule has 1 aromatic rings. The Labute approximate surface area is 124 Å². The molecule has 0 bridgehead atoms. The molecule has 0 saturated heterocycles. The monoisotopic (exact) mass is 291 g/mol. The first-order chi connectivity index (χ1) is 10.2. The molecule has 0 spiro atoms. The van der Waals surface area contributed by atoms with Gasteiger partial charge in [0.25, 0.3) is 0 Å². The van der Waals surface area contributed by atoms with Crippen molar-refractivity contribution < 1.29 is 19.4 Å². The van der Waals surface area contributed by atoms with Gasteiger partial charge in [0, 0.05) is 6.04 Å². The average molecular weight is 291 g/mol. The van der Waals surface area contributed by atoms with Gasteiger partial charge in [0.05, 0.1) is 5.92 Å². The summed E-state index contributed by atoms with van der Waals surface area (Å²) >= 11 is 0. The molecule has 0 radical (unpaired) electrons. The lowest BCUT2D eigenvalue weighted by Gasteiger charge is -2.22. The molecule has 2 N–H and O–H groups in total. The van der Waals surface area contributed by atoms with Crippen LogP contribution in [-0.2, 0) is 16.1 Å². The summed E-state index contributed by atoms with van der Waals surface area (Å²) in [4.78, 5) is 23.1. The van der Waals surface area contributed by atoms with Crippen molar-refractivity contribution in [2.75, 3.05) is 0 Å². The highest BCUT2D eigenvalue weighted by molar-refractivity contribution is 5.73. The molecule has 2 rings (SSSR count). The molecule has 1 aliphatic rings. The van der Waals surface area contributed by atoms with Gasteiger partial charge in [-0.15, -0.1) is 0 Å². The highest BCUT2D eigenvalue weighted by Crippen LogP contribution is 2.24. The van der Waals surface area contributed by atoms with Crippen molar-refractivity contribution >= 4 is 12.1 Å². The van der Waals surface area contributed by atoms with Crippen molar-refractivity contribution in [3.63, 3.8) is 0 Å². The Morgan fingerprint density at radius 3 is 2.57 bits per heavy atom. The van der Waals surface area contributed by atoms with Gasteiger partial charge in [-0.05, 0) is 18.4 Å². The number of benzene rings is 1. The van der Waals surface area contributed by atoms with Crippen molar-refractivity contribution in [1.29, 1.82) is 0 Å². The van der Waals surface area contributed by atoms with Gasteiger partial charge in [-0.25, -0.2) is 4.79 Å². The SMILES string of the molecule is O=C(N[C@H]1CCCCC[C@H]1C(=O)O)OCc1ccccc1. The van der Waals surface area contributed by atoms with Crippen LogP contribution in [0.4, 0.5) is 4.79 Å². The Balaban J connectivity index is 1.86. The number of aliphatic carboxylic acids is 1. The maximum atomic E-state index is 11.8. The standard InChI is InChI=1S/C16H21NO4/c18-15(19)13-9-5-2-6-10-14(13)17-16(20)21-11-12-7-3-1-4-8-12/h1,3-4,7-8,13-14H,2,5-6,9-11H2,(H,17,20)(H,18,19)/t13-,14+/m1/s1. The molecule has 5 heteroatoms. The van der Waals surface area contributed by atoms with Crippen LogP contribution in [0.5, 0.6) is 0 Å². The third kappa shape index (κ3) is 4.77. The quantitative estimate of drug-likeness (QED) is 0.836. The minimum Gasteiger partial charge on any atom is -0.481 e. The van der Waals surface area contributed by atoms with E-state index in [0.29, 0.717) is 12.8 Å². The number of nitrogens with one attached hydrogen (secondary N) is 1.